The minimum absolute atomic E-state index is 0.452. The summed E-state index contributed by atoms with van der Waals surface area (Å²) in [5.74, 6) is 1.85. The maximum Gasteiger partial charge on any atom is 0.0561 e. The Hall–Kier alpha value is -0.0800. The van der Waals surface area contributed by atoms with Gasteiger partial charge in [0.05, 0.1) is 6.10 Å². The van der Waals surface area contributed by atoms with E-state index in [1.807, 2.05) is 0 Å². The van der Waals surface area contributed by atoms with Crippen molar-refractivity contribution in [2.45, 2.75) is 77.5 Å². The molecule has 0 aromatic carbocycles. The highest BCUT2D eigenvalue weighted by Crippen LogP contribution is 2.30. The third-order valence-corrected chi connectivity index (χ3v) is 4.67. The summed E-state index contributed by atoms with van der Waals surface area (Å²) < 4.78 is 5.61. The van der Waals surface area contributed by atoms with Crippen LogP contribution in [0.1, 0.15) is 59.3 Å². The fourth-order valence-corrected chi connectivity index (χ4v) is 3.44. The van der Waals surface area contributed by atoms with Crippen molar-refractivity contribution in [3.8, 4) is 0 Å². The van der Waals surface area contributed by atoms with Gasteiger partial charge in [-0.1, -0.05) is 13.8 Å². The van der Waals surface area contributed by atoms with Crippen molar-refractivity contribution >= 4 is 0 Å². The first-order valence-corrected chi connectivity index (χ1v) is 7.52. The average molecular weight is 239 g/mol. The Morgan fingerprint density at radius 3 is 2.29 bits per heavy atom. The Kier molecular flexibility index (Phi) is 4.87. The van der Waals surface area contributed by atoms with Gasteiger partial charge in [0.15, 0.2) is 0 Å². The van der Waals surface area contributed by atoms with Gasteiger partial charge < -0.3 is 10.1 Å². The second kappa shape index (κ2) is 6.19. The number of hydrogen-bond donors (Lipinski definition) is 1. The molecule has 2 nitrogen and oxygen atoms in total. The summed E-state index contributed by atoms with van der Waals surface area (Å²) in [6.07, 6.45) is 8.47. The lowest BCUT2D eigenvalue weighted by Gasteiger charge is -2.36. The molecule has 1 saturated heterocycles. The Morgan fingerprint density at radius 1 is 1.00 bits per heavy atom. The zero-order valence-corrected chi connectivity index (χ0v) is 11.7. The van der Waals surface area contributed by atoms with E-state index in [2.05, 4.69) is 26.1 Å². The van der Waals surface area contributed by atoms with Crippen LogP contribution in [-0.4, -0.2) is 24.8 Å². The lowest BCUT2D eigenvalue weighted by molar-refractivity contribution is 0.00972. The molecule has 2 rings (SSSR count). The lowest BCUT2D eigenvalue weighted by Crippen LogP contribution is -2.45. The topological polar surface area (TPSA) is 21.3 Å². The number of hydrogen-bond acceptors (Lipinski definition) is 2. The van der Waals surface area contributed by atoms with Crippen LogP contribution in [0.25, 0.3) is 0 Å². The van der Waals surface area contributed by atoms with E-state index in [1.54, 1.807) is 0 Å². The molecule has 2 unspecified atom stereocenters. The van der Waals surface area contributed by atoms with Crippen LogP contribution < -0.4 is 5.32 Å². The van der Waals surface area contributed by atoms with Crippen molar-refractivity contribution in [1.29, 1.82) is 0 Å². The van der Waals surface area contributed by atoms with Crippen molar-refractivity contribution in [3.05, 3.63) is 0 Å². The molecule has 17 heavy (non-hydrogen) atoms. The summed E-state index contributed by atoms with van der Waals surface area (Å²) in [6, 6.07) is 1.49. The van der Waals surface area contributed by atoms with Crippen LogP contribution >= 0.6 is 0 Å². The fourth-order valence-electron chi connectivity index (χ4n) is 3.44. The Balaban J connectivity index is 1.70. The van der Waals surface area contributed by atoms with Crippen molar-refractivity contribution in [2.24, 2.45) is 11.8 Å². The van der Waals surface area contributed by atoms with E-state index in [0.717, 1.165) is 24.5 Å². The van der Waals surface area contributed by atoms with Gasteiger partial charge in [0.25, 0.3) is 0 Å². The third kappa shape index (κ3) is 3.96. The number of rotatable bonds is 3. The van der Waals surface area contributed by atoms with Gasteiger partial charge in [-0.25, -0.2) is 0 Å². The maximum atomic E-state index is 5.61. The zero-order valence-electron chi connectivity index (χ0n) is 11.7. The molecule has 0 aromatic rings. The molecular formula is C15H29NO. The van der Waals surface area contributed by atoms with Crippen LogP contribution in [0.4, 0.5) is 0 Å². The first-order valence-electron chi connectivity index (χ1n) is 7.52. The first kappa shape index (κ1) is 13.4. The first-order chi connectivity index (χ1) is 8.15. The SMILES string of the molecule is CC1CC(NC2CCC(C(C)C)CC2)CCO1. The molecule has 1 heterocycles. The molecule has 0 aromatic heterocycles. The minimum Gasteiger partial charge on any atom is -0.378 e. The van der Waals surface area contributed by atoms with E-state index < -0.39 is 0 Å². The van der Waals surface area contributed by atoms with Gasteiger partial charge in [-0.2, -0.15) is 0 Å². The van der Waals surface area contributed by atoms with Crippen molar-refractivity contribution < 1.29 is 4.74 Å². The van der Waals surface area contributed by atoms with Gasteiger partial charge >= 0.3 is 0 Å². The summed E-state index contributed by atoms with van der Waals surface area (Å²) >= 11 is 0. The molecular weight excluding hydrogens is 210 g/mol. The van der Waals surface area contributed by atoms with Crippen LogP contribution in [-0.2, 0) is 4.74 Å². The smallest absolute Gasteiger partial charge is 0.0561 e. The van der Waals surface area contributed by atoms with Gasteiger partial charge in [-0.15, -0.1) is 0 Å². The molecule has 1 aliphatic carbocycles. The lowest BCUT2D eigenvalue weighted by atomic mass is 9.79. The van der Waals surface area contributed by atoms with Gasteiger partial charge in [-0.3, -0.25) is 0 Å². The van der Waals surface area contributed by atoms with Crippen molar-refractivity contribution in [3.63, 3.8) is 0 Å². The van der Waals surface area contributed by atoms with E-state index in [4.69, 9.17) is 4.74 Å². The zero-order chi connectivity index (χ0) is 12.3. The molecule has 100 valence electrons. The molecule has 0 radical (unpaired) electrons. The molecule has 0 bridgehead atoms. The van der Waals surface area contributed by atoms with E-state index in [0.29, 0.717) is 12.1 Å². The maximum absolute atomic E-state index is 5.61. The van der Waals surface area contributed by atoms with Gasteiger partial charge in [-0.05, 0) is 57.3 Å². The molecule has 0 spiro atoms. The normalized spacial score (nSPS) is 39.5. The molecule has 1 N–H and O–H groups in total. The summed E-state index contributed by atoms with van der Waals surface area (Å²) in [6.45, 7) is 7.89. The Morgan fingerprint density at radius 2 is 1.71 bits per heavy atom. The average Bonchev–Trinajstić information content (AvgIpc) is 2.29. The van der Waals surface area contributed by atoms with Crippen LogP contribution in [0.5, 0.6) is 0 Å². The van der Waals surface area contributed by atoms with Gasteiger partial charge in [0, 0.05) is 18.7 Å². The molecule has 2 fully saturated rings. The predicted octanol–water partition coefficient (Wildman–Crippen LogP) is 3.36. The molecule has 1 aliphatic heterocycles. The van der Waals surface area contributed by atoms with E-state index in [1.165, 1.54) is 38.5 Å². The van der Waals surface area contributed by atoms with E-state index >= 15 is 0 Å². The largest absolute Gasteiger partial charge is 0.378 e. The van der Waals surface area contributed by atoms with E-state index in [-0.39, 0.29) is 0 Å². The predicted molar refractivity (Wildman–Crippen MR) is 72.2 cm³/mol. The Labute approximate surface area is 107 Å². The van der Waals surface area contributed by atoms with Crippen molar-refractivity contribution in [2.75, 3.05) is 6.61 Å². The summed E-state index contributed by atoms with van der Waals surface area (Å²) in [5, 5.41) is 3.87. The van der Waals surface area contributed by atoms with Crippen LogP contribution in [0.3, 0.4) is 0 Å². The van der Waals surface area contributed by atoms with E-state index in [9.17, 15) is 0 Å². The van der Waals surface area contributed by atoms with Crippen LogP contribution in [0.15, 0.2) is 0 Å². The summed E-state index contributed by atoms with van der Waals surface area (Å²) in [7, 11) is 0. The van der Waals surface area contributed by atoms with Crippen LogP contribution in [0, 0.1) is 11.8 Å². The molecule has 2 aliphatic rings. The van der Waals surface area contributed by atoms with Crippen LogP contribution in [0.2, 0.25) is 0 Å². The second-order valence-electron chi connectivity index (χ2n) is 6.43. The summed E-state index contributed by atoms with van der Waals surface area (Å²) in [5.41, 5.74) is 0. The molecule has 1 saturated carbocycles. The monoisotopic (exact) mass is 239 g/mol. The highest BCUT2D eigenvalue weighted by atomic mass is 16.5. The third-order valence-electron chi connectivity index (χ3n) is 4.67. The highest BCUT2D eigenvalue weighted by molar-refractivity contribution is 4.83. The molecule has 0 amide bonds. The van der Waals surface area contributed by atoms with Gasteiger partial charge in [0.1, 0.15) is 0 Å². The molecule has 2 atom stereocenters. The standard InChI is InChI=1S/C15H29NO/c1-11(2)13-4-6-14(7-5-13)16-15-8-9-17-12(3)10-15/h11-16H,4-10H2,1-3H3. The second-order valence-corrected chi connectivity index (χ2v) is 6.43. The van der Waals surface area contributed by atoms with Crippen molar-refractivity contribution in [1.82, 2.24) is 5.32 Å². The minimum atomic E-state index is 0.452. The number of nitrogens with one attached hydrogen (secondary N) is 1. The quantitative estimate of drug-likeness (QED) is 0.815. The summed E-state index contributed by atoms with van der Waals surface area (Å²) in [4.78, 5) is 0. The highest BCUT2D eigenvalue weighted by Gasteiger charge is 2.26. The molecule has 2 heteroatoms. The fraction of sp³-hybridized carbons (Fsp3) is 1.00. The number of ether oxygens (including phenoxy) is 1. The van der Waals surface area contributed by atoms with Gasteiger partial charge in [0.2, 0.25) is 0 Å². The Bertz CT molecular complexity index is 221.